The van der Waals surface area contributed by atoms with Crippen LogP contribution in [0.5, 0.6) is 0 Å². The summed E-state index contributed by atoms with van der Waals surface area (Å²) in [5.41, 5.74) is 1.19. The second-order valence-electron chi connectivity index (χ2n) is 3.89. The molecule has 3 rings (SSSR count). The summed E-state index contributed by atoms with van der Waals surface area (Å²) in [5.74, 6) is 1.37. The van der Waals surface area contributed by atoms with Crippen molar-refractivity contribution >= 4 is 17.2 Å². The van der Waals surface area contributed by atoms with Gasteiger partial charge in [0.05, 0.1) is 18.5 Å². The van der Waals surface area contributed by atoms with E-state index in [1.54, 1.807) is 18.4 Å². The molecule has 0 aliphatic rings. The van der Waals surface area contributed by atoms with Gasteiger partial charge in [0.1, 0.15) is 11.9 Å². The summed E-state index contributed by atoms with van der Waals surface area (Å²) in [4.78, 5) is 4.46. The molecule has 0 saturated carbocycles. The molecule has 6 nitrogen and oxygen atoms in total. The maximum atomic E-state index is 8.64. The van der Waals surface area contributed by atoms with Gasteiger partial charge in [-0.25, -0.2) is 4.98 Å². The first-order valence-corrected chi connectivity index (χ1v) is 6.69. The molecule has 0 fully saturated rings. The zero-order chi connectivity index (χ0) is 13.8. The van der Waals surface area contributed by atoms with Crippen LogP contribution in [-0.4, -0.2) is 15.2 Å². The maximum Gasteiger partial charge on any atom is 0.163 e. The van der Waals surface area contributed by atoms with Crippen molar-refractivity contribution in [3.8, 4) is 16.8 Å². The largest absolute Gasteiger partial charge is 0.462 e. The Bertz CT molecular complexity index is 727. The van der Waals surface area contributed by atoms with Crippen LogP contribution in [0.2, 0.25) is 0 Å². The fourth-order valence-corrected chi connectivity index (χ4v) is 2.35. The van der Waals surface area contributed by atoms with Crippen molar-refractivity contribution in [2.45, 2.75) is 6.54 Å². The number of thiazole rings is 1. The highest BCUT2D eigenvalue weighted by Gasteiger charge is 2.07. The molecule has 0 unspecified atom stereocenters. The van der Waals surface area contributed by atoms with Gasteiger partial charge in [0.2, 0.25) is 0 Å². The molecule has 0 aliphatic heterocycles. The zero-order valence-electron chi connectivity index (χ0n) is 10.3. The Hall–Kier alpha value is -2.72. The molecule has 0 aromatic carbocycles. The Morgan fingerprint density at radius 1 is 1.30 bits per heavy atom. The Morgan fingerprint density at radius 2 is 2.25 bits per heavy atom. The first kappa shape index (κ1) is 12.3. The third-order valence-electron chi connectivity index (χ3n) is 2.51. The molecule has 0 bridgehead atoms. The average molecular weight is 283 g/mol. The minimum Gasteiger partial charge on any atom is -0.462 e. The van der Waals surface area contributed by atoms with Crippen LogP contribution >= 0.6 is 11.3 Å². The number of hydrogen-bond donors (Lipinski definition) is 1. The van der Waals surface area contributed by atoms with Gasteiger partial charge in [-0.3, -0.25) is 0 Å². The highest BCUT2D eigenvalue weighted by atomic mass is 32.1. The van der Waals surface area contributed by atoms with Crippen LogP contribution in [0.15, 0.2) is 40.3 Å². The summed E-state index contributed by atoms with van der Waals surface area (Å²) in [6.45, 7) is 0.539. The van der Waals surface area contributed by atoms with Crippen molar-refractivity contribution in [2.24, 2.45) is 0 Å². The number of nitriles is 1. The van der Waals surface area contributed by atoms with Crippen molar-refractivity contribution in [1.29, 1.82) is 5.26 Å². The third-order valence-corrected chi connectivity index (χ3v) is 3.42. The molecule has 3 aromatic rings. The van der Waals surface area contributed by atoms with E-state index in [2.05, 4.69) is 20.5 Å². The van der Waals surface area contributed by atoms with E-state index in [1.165, 1.54) is 11.3 Å². The molecule has 7 heteroatoms. The normalized spacial score (nSPS) is 10.2. The van der Waals surface area contributed by atoms with E-state index >= 15 is 0 Å². The van der Waals surface area contributed by atoms with Crippen molar-refractivity contribution in [2.75, 3.05) is 5.32 Å². The molecule has 0 spiro atoms. The number of furan rings is 1. The number of hydrogen-bond acceptors (Lipinski definition) is 7. The Balaban J connectivity index is 1.65. The fourth-order valence-electron chi connectivity index (χ4n) is 1.57. The van der Waals surface area contributed by atoms with E-state index in [4.69, 9.17) is 9.68 Å². The van der Waals surface area contributed by atoms with Gasteiger partial charge in [0, 0.05) is 5.38 Å². The topological polar surface area (TPSA) is 87.6 Å². The van der Waals surface area contributed by atoms with Crippen LogP contribution in [0.4, 0.5) is 5.82 Å². The maximum absolute atomic E-state index is 8.64. The van der Waals surface area contributed by atoms with Crippen LogP contribution in [-0.2, 0) is 6.54 Å². The van der Waals surface area contributed by atoms with E-state index in [1.807, 2.05) is 23.6 Å². The summed E-state index contributed by atoms with van der Waals surface area (Å²) in [5, 5.41) is 22.2. The lowest BCUT2D eigenvalue weighted by molar-refractivity contribution is 0.581. The van der Waals surface area contributed by atoms with Gasteiger partial charge in [0.15, 0.2) is 16.5 Å². The van der Waals surface area contributed by atoms with E-state index < -0.39 is 0 Å². The lowest BCUT2D eigenvalue weighted by Gasteiger charge is -2.01. The lowest BCUT2D eigenvalue weighted by atomic mass is 10.4. The summed E-state index contributed by atoms with van der Waals surface area (Å²) < 4.78 is 5.30. The summed E-state index contributed by atoms with van der Waals surface area (Å²) in [6, 6.07) is 8.97. The number of nitrogens with zero attached hydrogens (tertiary/aromatic N) is 4. The predicted molar refractivity (Wildman–Crippen MR) is 73.9 cm³/mol. The molecule has 0 aliphatic carbocycles. The fraction of sp³-hybridized carbons (Fsp3) is 0.0769. The summed E-state index contributed by atoms with van der Waals surface area (Å²) in [6.07, 6.45) is 1.63. The van der Waals surface area contributed by atoms with Crippen molar-refractivity contribution < 1.29 is 4.42 Å². The van der Waals surface area contributed by atoms with Crippen LogP contribution in [0.3, 0.4) is 0 Å². The quantitative estimate of drug-likeness (QED) is 0.792. The van der Waals surface area contributed by atoms with Crippen molar-refractivity contribution in [3.05, 3.63) is 47.3 Å². The van der Waals surface area contributed by atoms with Gasteiger partial charge >= 0.3 is 0 Å². The first-order valence-electron chi connectivity index (χ1n) is 5.81. The molecule has 0 saturated heterocycles. The molecular weight excluding hydrogens is 274 g/mol. The predicted octanol–water partition coefficient (Wildman–Crippen LogP) is 2.68. The second kappa shape index (κ2) is 5.50. The molecule has 3 aromatic heterocycles. The first-order chi connectivity index (χ1) is 9.85. The highest BCUT2D eigenvalue weighted by Crippen LogP contribution is 2.24. The SMILES string of the molecule is N#Cc1ccc(NCc2csc(-c3ccco3)n2)nn1. The molecule has 0 atom stereocenters. The van der Waals surface area contributed by atoms with E-state index in [-0.39, 0.29) is 0 Å². The Morgan fingerprint density at radius 3 is 2.95 bits per heavy atom. The van der Waals surface area contributed by atoms with E-state index in [0.717, 1.165) is 16.5 Å². The Labute approximate surface area is 118 Å². The van der Waals surface area contributed by atoms with E-state index in [0.29, 0.717) is 18.1 Å². The van der Waals surface area contributed by atoms with Crippen molar-refractivity contribution in [3.63, 3.8) is 0 Å². The molecule has 20 heavy (non-hydrogen) atoms. The van der Waals surface area contributed by atoms with Gasteiger partial charge in [-0.15, -0.1) is 21.5 Å². The second-order valence-corrected chi connectivity index (χ2v) is 4.75. The van der Waals surface area contributed by atoms with E-state index in [9.17, 15) is 0 Å². The van der Waals surface area contributed by atoms with Gasteiger partial charge in [-0.2, -0.15) is 5.26 Å². The minimum absolute atomic E-state index is 0.296. The molecule has 1 N–H and O–H groups in total. The average Bonchev–Trinajstić information content (AvgIpc) is 3.16. The van der Waals surface area contributed by atoms with Crippen LogP contribution in [0.1, 0.15) is 11.4 Å². The smallest absolute Gasteiger partial charge is 0.163 e. The van der Waals surface area contributed by atoms with Crippen LogP contribution < -0.4 is 5.32 Å². The number of anilines is 1. The van der Waals surface area contributed by atoms with Gasteiger partial charge < -0.3 is 9.73 Å². The number of rotatable bonds is 4. The van der Waals surface area contributed by atoms with Crippen molar-refractivity contribution in [1.82, 2.24) is 15.2 Å². The Kier molecular flexibility index (Phi) is 3.39. The highest BCUT2D eigenvalue weighted by molar-refractivity contribution is 7.13. The van der Waals surface area contributed by atoms with Crippen LogP contribution in [0.25, 0.3) is 10.8 Å². The molecule has 0 radical (unpaired) electrons. The van der Waals surface area contributed by atoms with Crippen LogP contribution in [0, 0.1) is 11.3 Å². The standard InChI is InChI=1S/C13H9N5OS/c14-6-9-3-4-12(18-17-9)15-7-10-8-20-13(16-10)11-2-1-5-19-11/h1-5,8H,7H2,(H,15,18). The summed E-state index contributed by atoms with van der Waals surface area (Å²) in [7, 11) is 0. The zero-order valence-corrected chi connectivity index (χ0v) is 11.1. The summed E-state index contributed by atoms with van der Waals surface area (Å²) >= 11 is 1.52. The molecule has 0 amide bonds. The van der Waals surface area contributed by atoms with Gasteiger partial charge in [-0.05, 0) is 24.3 Å². The number of nitrogens with one attached hydrogen (secondary N) is 1. The monoisotopic (exact) mass is 283 g/mol. The minimum atomic E-state index is 0.296. The number of aromatic nitrogens is 3. The molecule has 98 valence electrons. The lowest BCUT2D eigenvalue weighted by Crippen LogP contribution is -2.03. The van der Waals surface area contributed by atoms with Gasteiger partial charge in [0.25, 0.3) is 0 Å². The molecular formula is C13H9N5OS. The van der Waals surface area contributed by atoms with Gasteiger partial charge in [-0.1, -0.05) is 0 Å². The third kappa shape index (κ3) is 2.65. The molecule has 3 heterocycles.